The Labute approximate surface area is 97.2 Å². The average Bonchev–Trinajstić information content (AvgIpc) is 2.96. The number of nitrogens with zero attached hydrogens (tertiary/aromatic N) is 2. The lowest BCUT2D eigenvalue weighted by Gasteiger charge is -2.10. The van der Waals surface area contributed by atoms with Crippen molar-refractivity contribution in [2.24, 2.45) is 4.99 Å². The van der Waals surface area contributed by atoms with Crippen LogP contribution in [0.5, 0.6) is 0 Å². The van der Waals surface area contributed by atoms with Crippen LogP contribution in [0, 0.1) is 12.7 Å². The Morgan fingerprint density at radius 1 is 1.47 bits per heavy atom. The van der Waals surface area contributed by atoms with Crippen LogP contribution in [0.15, 0.2) is 17.4 Å². The van der Waals surface area contributed by atoms with Gasteiger partial charge in [0.1, 0.15) is 5.52 Å². The van der Waals surface area contributed by atoms with Crippen LogP contribution in [0.4, 0.5) is 10.1 Å². The van der Waals surface area contributed by atoms with E-state index in [1.807, 2.05) is 6.92 Å². The highest BCUT2D eigenvalue weighted by Gasteiger charge is 2.13. The first-order valence-corrected chi connectivity index (χ1v) is 5.43. The van der Waals surface area contributed by atoms with E-state index in [-0.39, 0.29) is 5.82 Å². The molecule has 1 aromatic heterocycles. The number of aliphatic imine (C=N–C) groups is 1. The predicted molar refractivity (Wildman–Crippen MR) is 64.7 cm³/mol. The standard InChI is InChI=1S/C11H12FN5/c1-6-8(17-11-13-2-3-14-11)4-7(12)10-9(6)15-5-16-10/h4-5H,2-3H2,1H3,(H,15,16)(H2,13,14,17). The topological polar surface area (TPSA) is 65.1 Å². The number of guanidine groups is 1. The van der Waals surface area contributed by atoms with E-state index in [4.69, 9.17) is 0 Å². The van der Waals surface area contributed by atoms with Crippen molar-refractivity contribution in [2.45, 2.75) is 6.92 Å². The van der Waals surface area contributed by atoms with Gasteiger partial charge >= 0.3 is 0 Å². The van der Waals surface area contributed by atoms with E-state index >= 15 is 0 Å². The van der Waals surface area contributed by atoms with Crippen LogP contribution in [0.25, 0.3) is 11.0 Å². The monoisotopic (exact) mass is 233 g/mol. The third kappa shape index (κ3) is 1.61. The number of aryl methyl sites for hydroxylation is 1. The molecule has 0 bridgehead atoms. The van der Waals surface area contributed by atoms with Crippen LogP contribution in [0.1, 0.15) is 5.56 Å². The maximum absolute atomic E-state index is 13.8. The minimum absolute atomic E-state index is 0.340. The number of fused-ring (bicyclic) bond motifs is 1. The van der Waals surface area contributed by atoms with Crippen LogP contribution in [0.2, 0.25) is 0 Å². The molecule has 0 fully saturated rings. The molecule has 0 radical (unpaired) electrons. The number of imidazole rings is 1. The molecule has 2 heterocycles. The number of benzene rings is 1. The molecule has 1 aromatic carbocycles. The normalized spacial score (nSPS) is 14.8. The van der Waals surface area contributed by atoms with Crippen molar-refractivity contribution < 1.29 is 4.39 Å². The third-order valence-electron chi connectivity index (χ3n) is 2.84. The van der Waals surface area contributed by atoms with E-state index in [1.54, 1.807) is 0 Å². The van der Waals surface area contributed by atoms with Crippen molar-refractivity contribution in [3.8, 4) is 0 Å². The van der Waals surface area contributed by atoms with Crippen LogP contribution in [-0.2, 0) is 0 Å². The fourth-order valence-corrected chi connectivity index (χ4v) is 1.94. The van der Waals surface area contributed by atoms with Gasteiger partial charge in [-0.25, -0.2) is 9.37 Å². The highest BCUT2D eigenvalue weighted by Crippen LogP contribution is 2.25. The molecule has 0 amide bonds. The Morgan fingerprint density at radius 2 is 2.35 bits per heavy atom. The van der Waals surface area contributed by atoms with Crippen molar-refractivity contribution >= 4 is 22.7 Å². The number of anilines is 1. The van der Waals surface area contributed by atoms with Crippen molar-refractivity contribution in [3.63, 3.8) is 0 Å². The van der Waals surface area contributed by atoms with Gasteiger partial charge < -0.3 is 15.6 Å². The molecular weight excluding hydrogens is 221 g/mol. The molecule has 6 heteroatoms. The van der Waals surface area contributed by atoms with E-state index in [1.165, 1.54) is 12.4 Å². The van der Waals surface area contributed by atoms with Gasteiger partial charge in [0.2, 0.25) is 0 Å². The van der Waals surface area contributed by atoms with Crippen molar-refractivity contribution in [1.29, 1.82) is 0 Å². The number of hydrogen-bond acceptors (Lipinski definition) is 4. The molecule has 0 spiro atoms. The summed E-state index contributed by atoms with van der Waals surface area (Å²) in [4.78, 5) is 11.1. The predicted octanol–water partition coefficient (Wildman–Crippen LogP) is 1.38. The fourth-order valence-electron chi connectivity index (χ4n) is 1.94. The molecule has 88 valence electrons. The van der Waals surface area contributed by atoms with Crippen molar-refractivity contribution in [3.05, 3.63) is 23.8 Å². The quantitative estimate of drug-likeness (QED) is 0.697. The van der Waals surface area contributed by atoms with Crippen LogP contribution < -0.4 is 10.6 Å². The number of H-pyrrole nitrogens is 1. The smallest absolute Gasteiger partial charge is 0.195 e. The van der Waals surface area contributed by atoms with E-state index in [0.29, 0.717) is 22.7 Å². The SMILES string of the molecule is Cc1c(NC2=NCCN2)cc(F)c2nc[nH]c12. The first-order chi connectivity index (χ1) is 8.25. The zero-order valence-electron chi connectivity index (χ0n) is 9.34. The van der Waals surface area contributed by atoms with E-state index in [9.17, 15) is 4.39 Å². The highest BCUT2D eigenvalue weighted by molar-refractivity contribution is 5.97. The minimum Gasteiger partial charge on any atom is -0.354 e. The summed E-state index contributed by atoms with van der Waals surface area (Å²) in [5.41, 5.74) is 2.71. The molecule has 1 aliphatic rings. The molecule has 2 aromatic rings. The molecule has 0 saturated carbocycles. The Morgan fingerprint density at radius 3 is 3.12 bits per heavy atom. The molecule has 5 nitrogen and oxygen atoms in total. The van der Waals surface area contributed by atoms with E-state index in [0.717, 1.165) is 18.7 Å². The summed E-state index contributed by atoms with van der Waals surface area (Å²) in [6, 6.07) is 1.45. The zero-order valence-corrected chi connectivity index (χ0v) is 9.34. The molecule has 1 aliphatic heterocycles. The maximum atomic E-state index is 13.8. The van der Waals surface area contributed by atoms with Crippen LogP contribution in [0.3, 0.4) is 0 Å². The summed E-state index contributed by atoms with van der Waals surface area (Å²) in [6.45, 7) is 3.48. The van der Waals surface area contributed by atoms with Gasteiger partial charge in [-0.3, -0.25) is 4.99 Å². The van der Waals surface area contributed by atoms with Crippen LogP contribution >= 0.6 is 0 Å². The fraction of sp³-hybridized carbons (Fsp3) is 0.273. The number of rotatable bonds is 1. The highest BCUT2D eigenvalue weighted by atomic mass is 19.1. The third-order valence-corrected chi connectivity index (χ3v) is 2.84. The number of aromatic nitrogens is 2. The average molecular weight is 233 g/mol. The lowest BCUT2D eigenvalue weighted by Crippen LogP contribution is -2.26. The number of hydrogen-bond donors (Lipinski definition) is 3. The van der Waals surface area contributed by atoms with Gasteiger partial charge in [-0.1, -0.05) is 0 Å². The first kappa shape index (κ1) is 10.1. The Balaban J connectivity index is 2.06. The molecule has 17 heavy (non-hydrogen) atoms. The second-order valence-electron chi connectivity index (χ2n) is 3.94. The van der Waals surface area contributed by atoms with Crippen molar-refractivity contribution in [1.82, 2.24) is 15.3 Å². The second kappa shape index (κ2) is 3.73. The minimum atomic E-state index is -0.340. The largest absolute Gasteiger partial charge is 0.354 e. The summed E-state index contributed by atoms with van der Waals surface area (Å²) in [5.74, 6) is 0.347. The summed E-state index contributed by atoms with van der Waals surface area (Å²) in [7, 11) is 0. The van der Waals surface area contributed by atoms with Crippen molar-refractivity contribution in [2.75, 3.05) is 18.4 Å². The van der Waals surface area contributed by atoms with Gasteiger partial charge in [0.25, 0.3) is 0 Å². The summed E-state index contributed by atoms with van der Waals surface area (Å²) in [5, 5.41) is 6.17. The Bertz CT molecular complexity index is 601. The van der Waals surface area contributed by atoms with E-state index < -0.39 is 0 Å². The summed E-state index contributed by atoms with van der Waals surface area (Å²) in [6.07, 6.45) is 1.50. The maximum Gasteiger partial charge on any atom is 0.195 e. The molecule has 3 N–H and O–H groups in total. The molecule has 3 rings (SSSR count). The second-order valence-corrected chi connectivity index (χ2v) is 3.94. The lowest BCUT2D eigenvalue weighted by atomic mass is 10.1. The van der Waals surface area contributed by atoms with Gasteiger partial charge in [-0.15, -0.1) is 0 Å². The van der Waals surface area contributed by atoms with Gasteiger partial charge in [0.15, 0.2) is 11.8 Å². The number of halogens is 1. The van der Waals surface area contributed by atoms with Crippen LogP contribution in [-0.4, -0.2) is 29.0 Å². The molecule has 0 unspecified atom stereocenters. The molecule has 0 aliphatic carbocycles. The number of nitrogens with one attached hydrogen (secondary N) is 3. The zero-order chi connectivity index (χ0) is 11.8. The van der Waals surface area contributed by atoms with Gasteiger partial charge in [0.05, 0.1) is 18.4 Å². The van der Waals surface area contributed by atoms with Gasteiger partial charge in [0, 0.05) is 18.3 Å². The van der Waals surface area contributed by atoms with Gasteiger partial charge in [-0.2, -0.15) is 0 Å². The lowest BCUT2D eigenvalue weighted by molar-refractivity contribution is 0.637. The Hall–Kier alpha value is -2.11. The first-order valence-electron chi connectivity index (χ1n) is 5.43. The summed E-state index contributed by atoms with van der Waals surface area (Å²) >= 11 is 0. The molecule has 0 saturated heterocycles. The van der Waals surface area contributed by atoms with E-state index in [2.05, 4.69) is 25.6 Å². The van der Waals surface area contributed by atoms with Gasteiger partial charge in [-0.05, 0) is 12.5 Å². The summed E-state index contributed by atoms with van der Waals surface area (Å²) < 4.78 is 13.8. The molecular formula is C11H12FN5. The number of aromatic amines is 1. The molecule has 0 atom stereocenters. The Kier molecular flexibility index (Phi) is 2.21.